The minimum absolute atomic E-state index is 0.107. The highest BCUT2D eigenvalue weighted by Crippen LogP contribution is 2.41. The van der Waals surface area contributed by atoms with Gasteiger partial charge < -0.3 is 4.90 Å². The molecular weight excluding hydrogens is 311 g/mol. The van der Waals surface area contributed by atoms with Crippen molar-refractivity contribution in [1.82, 2.24) is 4.90 Å². The van der Waals surface area contributed by atoms with Crippen LogP contribution in [0.25, 0.3) is 0 Å². The first-order valence-electron chi connectivity index (χ1n) is 7.56. The average molecular weight is 329 g/mol. The topological polar surface area (TPSA) is 20.3 Å². The van der Waals surface area contributed by atoms with Crippen LogP contribution >= 0.6 is 11.8 Å². The summed E-state index contributed by atoms with van der Waals surface area (Å²) in [6.45, 7) is 0.686. The van der Waals surface area contributed by atoms with E-state index >= 15 is 0 Å². The number of nitrogens with zero attached hydrogens (tertiary/aromatic N) is 1. The van der Waals surface area contributed by atoms with Crippen LogP contribution in [0.2, 0.25) is 0 Å². The van der Waals surface area contributed by atoms with E-state index in [4.69, 9.17) is 0 Å². The molecule has 1 heterocycles. The predicted octanol–water partition coefficient (Wildman–Crippen LogP) is 4.47. The molecule has 0 spiro atoms. The van der Waals surface area contributed by atoms with Gasteiger partial charge in [0.05, 0.1) is 5.56 Å². The Bertz CT molecular complexity index is 537. The molecule has 1 aliphatic carbocycles. The zero-order chi connectivity index (χ0) is 15.7. The molecule has 120 valence electrons. The van der Waals surface area contributed by atoms with Gasteiger partial charge in [-0.1, -0.05) is 25.0 Å². The Morgan fingerprint density at radius 2 is 1.77 bits per heavy atom. The van der Waals surface area contributed by atoms with Gasteiger partial charge in [-0.2, -0.15) is 13.2 Å². The van der Waals surface area contributed by atoms with Crippen molar-refractivity contribution in [3.05, 3.63) is 35.4 Å². The van der Waals surface area contributed by atoms with Crippen LogP contribution in [0, 0.1) is 5.92 Å². The van der Waals surface area contributed by atoms with Gasteiger partial charge in [-0.05, 0) is 30.5 Å². The number of alkyl halides is 3. The molecule has 1 aliphatic heterocycles. The maximum Gasteiger partial charge on any atom is 0.416 e. The van der Waals surface area contributed by atoms with E-state index in [0.717, 1.165) is 49.1 Å². The summed E-state index contributed by atoms with van der Waals surface area (Å²) >= 11 is 1.63. The van der Waals surface area contributed by atoms with Gasteiger partial charge in [0.2, 0.25) is 5.91 Å². The standard InChI is InChI=1S/C16H18F3NOS/c17-16(18,19)13-7-5-12(6-8-13)15-20(9-10-22-15)14(21)11-3-1-2-4-11/h5-8,11,15H,1-4,9-10H2/t15-/m0/s1. The minimum atomic E-state index is -4.32. The summed E-state index contributed by atoms with van der Waals surface area (Å²) in [5, 5.41) is -0.143. The zero-order valence-corrected chi connectivity index (χ0v) is 12.9. The molecule has 1 aromatic carbocycles. The van der Waals surface area contributed by atoms with Crippen LogP contribution in [0.5, 0.6) is 0 Å². The number of hydrogen-bond donors (Lipinski definition) is 0. The second-order valence-corrected chi connectivity index (χ2v) is 7.04. The molecule has 1 aromatic rings. The molecule has 3 rings (SSSR count). The monoisotopic (exact) mass is 329 g/mol. The Balaban J connectivity index is 1.76. The van der Waals surface area contributed by atoms with Gasteiger partial charge in [-0.25, -0.2) is 0 Å². The molecule has 1 amide bonds. The van der Waals surface area contributed by atoms with Gasteiger partial charge in [0.1, 0.15) is 5.37 Å². The van der Waals surface area contributed by atoms with Crippen molar-refractivity contribution in [2.24, 2.45) is 5.92 Å². The van der Waals surface area contributed by atoms with E-state index in [1.54, 1.807) is 11.8 Å². The van der Waals surface area contributed by atoms with E-state index in [-0.39, 0.29) is 17.2 Å². The Morgan fingerprint density at radius 1 is 1.14 bits per heavy atom. The minimum Gasteiger partial charge on any atom is -0.325 e. The molecule has 22 heavy (non-hydrogen) atoms. The van der Waals surface area contributed by atoms with Crippen molar-refractivity contribution in [3.63, 3.8) is 0 Å². The summed E-state index contributed by atoms with van der Waals surface area (Å²) in [5.41, 5.74) is 0.134. The van der Waals surface area contributed by atoms with Crippen molar-refractivity contribution in [2.75, 3.05) is 12.3 Å². The quantitative estimate of drug-likeness (QED) is 0.798. The van der Waals surface area contributed by atoms with Gasteiger partial charge in [0.25, 0.3) is 0 Å². The fraction of sp³-hybridized carbons (Fsp3) is 0.562. The molecule has 2 fully saturated rings. The molecule has 1 saturated heterocycles. The third-order valence-corrected chi connectivity index (χ3v) is 5.66. The first-order valence-corrected chi connectivity index (χ1v) is 8.61. The van der Waals surface area contributed by atoms with Crippen LogP contribution in [-0.4, -0.2) is 23.1 Å². The molecule has 0 unspecified atom stereocenters. The number of carbonyl (C=O) groups is 1. The maximum absolute atomic E-state index is 12.6. The summed E-state index contributed by atoms with van der Waals surface area (Å²) < 4.78 is 37.9. The summed E-state index contributed by atoms with van der Waals surface area (Å²) in [6.07, 6.45) is -0.231. The summed E-state index contributed by atoms with van der Waals surface area (Å²) in [5.74, 6) is 1.12. The summed E-state index contributed by atoms with van der Waals surface area (Å²) in [4.78, 5) is 14.4. The molecule has 1 atom stereocenters. The van der Waals surface area contributed by atoms with Crippen LogP contribution in [0.3, 0.4) is 0 Å². The number of thioether (sulfide) groups is 1. The second-order valence-electron chi connectivity index (χ2n) is 5.86. The van der Waals surface area contributed by atoms with Gasteiger partial charge in [0, 0.05) is 18.2 Å². The van der Waals surface area contributed by atoms with E-state index in [1.807, 2.05) is 4.90 Å². The van der Waals surface area contributed by atoms with Crippen molar-refractivity contribution in [1.29, 1.82) is 0 Å². The third-order valence-electron chi connectivity index (χ3n) is 4.40. The normalized spacial score (nSPS) is 23.2. The first kappa shape index (κ1) is 15.7. The highest BCUT2D eigenvalue weighted by atomic mass is 32.2. The van der Waals surface area contributed by atoms with E-state index in [9.17, 15) is 18.0 Å². The van der Waals surface area contributed by atoms with E-state index < -0.39 is 11.7 Å². The molecule has 2 aliphatic rings. The largest absolute Gasteiger partial charge is 0.416 e. The van der Waals surface area contributed by atoms with Crippen LogP contribution < -0.4 is 0 Å². The highest BCUT2D eigenvalue weighted by Gasteiger charge is 2.36. The van der Waals surface area contributed by atoms with Gasteiger partial charge >= 0.3 is 6.18 Å². The smallest absolute Gasteiger partial charge is 0.325 e. The van der Waals surface area contributed by atoms with E-state index in [2.05, 4.69) is 0 Å². The number of halogens is 3. The van der Waals surface area contributed by atoms with Crippen LogP contribution in [0.4, 0.5) is 13.2 Å². The SMILES string of the molecule is O=C(C1CCCC1)N1CCS[C@H]1c1ccc(C(F)(F)F)cc1. The zero-order valence-electron chi connectivity index (χ0n) is 12.1. The Morgan fingerprint density at radius 3 is 2.36 bits per heavy atom. The number of hydrogen-bond acceptors (Lipinski definition) is 2. The predicted molar refractivity (Wildman–Crippen MR) is 80.3 cm³/mol. The Hall–Kier alpha value is -1.17. The van der Waals surface area contributed by atoms with Crippen LogP contribution in [0.15, 0.2) is 24.3 Å². The molecule has 2 nitrogen and oxygen atoms in total. The maximum atomic E-state index is 12.6. The number of carbonyl (C=O) groups excluding carboxylic acids is 1. The summed E-state index contributed by atoms with van der Waals surface area (Å²) in [6, 6.07) is 5.21. The summed E-state index contributed by atoms with van der Waals surface area (Å²) in [7, 11) is 0. The lowest BCUT2D eigenvalue weighted by molar-refractivity contribution is -0.138. The van der Waals surface area contributed by atoms with Gasteiger partial charge in [0.15, 0.2) is 0 Å². The highest BCUT2D eigenvalue weighted by molar-refractivity contribution is 7.99. The van der Waals surface area contributed by atoms with E-state index in [0.29, 0.717) is 6.54 Å². The van der Waals surface area contributed by atoms with Crippen molar-refractivity contribution in [2.45, 2.75) is 37.2 Å². The van der Waals surface area contributed by atoms with Crippen molar-refractivity contribution in [3.8, 4) is 0 Å². The van der Waals surface area contributed by atoms with Crippen LogP contribution in [0.1, 0.15) is 42.2 Å². The lowest BCUT2D eigenvalue weighted by Crippen LogP contribution is -2.34. The fourth-order valence-electron chi connectivity index (χ4n) is 3.22. The number of benzene rings is 1. The third kappa shape index (κ3) is 3.12. The molecule has 1 saturated carbocycles. The van der Waals surface area contributed by atoms with E-state index in [1.165, 1.54) is 12.1 Å². The molecule has 6 heteroatoms. The fourth-order valence-corrected chi connectivity index (χ4v) is 4.48. The number of amides is 1. The lowest BCUT2D eigenvalue weighted by atomic mass is 10.1. The van der Waals surface area contributed by atoms with Crippen molar-refractivity contribution >= 4 is 17.7 Å². The molecule has 0 bridgehead atoms. The average Bonchev–Trinajstić information content (AvgIpc) is 3.17. The van der Waals surface area contributed by atoms with Gasteiger partial charge in [-0.15, -0.1) is 11.8 Å². The Labute approximate surface area is 132 Å². The second kappa shape index (κ2) is 6.14. The van der Waals surface area contributed by atoms with Gasteiger partial charge in [-0.3, -0.25) is 4.79 Å². The van der Waals surface area contributed by atoms with Crippen LogP contribution in [-0.2, 0) is 11.0 Å². The number of rotatable bonds is 2. The molecule has 0 radical (unpaired) electrons. The van der Waals surface area contributed by atoms with Crippen molar-refractivity contribution < 1.29 is 18.0 Å². The Kier molecular flexibility index (Phi) is 4.39. The molecule has 0 aromatic heterocycles. The lowest BCUT2D eigenvalue weighted by Gasteiger charge is -2.27. The first-order chi connectivity index (χ1) is 10.5. The molecule has 0 N–H and O–H groups in total. The molecular formula is C16H18F3NOS.